The summed E-state index contributed by atoms with van der Waals surface area (Å²) in [7, 11) is 1.35. The van der Waals surface area contributed by atoms with Gasteiger partial charge >= 0.3 is 5.97 Å². The number of hydrogen-bond acceptors (Lipinski definition) is 6. The van der Waals surface area contributed by atoms with Gasteiger partial charge < -0.3 is 9.30 Å². The van der Waals surface area contributed by atoms with E-state index in [1.807, 2.05) is 82.2 Å². The van der Waals surface area contributed by atoms with Crippen LogP contribution >= 0.6 is 11.6 Å². The topological polar surface area (TPSA) is 91.6 Å². The summed E-state index contributed by atoms with van der Waals surface area (Å²) >= 11 is 6.45. The fourth-order valence-electron chi connectivity index (χ4n) is 6.73. The number of esters is 1. The Morgan fingerprint density at radius 1 is 0.784 bits per heavy atom. The van der Waals surface area contributed by atoms with Gasteiger partial charge in [-0.05, 0) is 33.2 Å². The Morgan fingerprint density at radius 3 is 1.92 bits per heavy atom. The van der Waals surface area contributed by atoms with Crippen molar-refractivity contribution in [3.63, 3.8) is 0 Å². The highest BCUT2D eigenvalue weighted by Crippen LogP contribution is 2.37. The molecule has 0 aliphatic rings. The van der Waals surface area contributed by atoms with Gasteiger partial charge in [0.25, 0.3) is 0 Å². The highest BCUT2D eigenvalue weighted by Gasteiger charge is 2.47. The summed E-state index contributed by atoms with van der Waals surface area (Å²) in [4.78, 5) is 20.9. The summed E-state index contributed by atoms with van der Waals surface area (Å²) in [6, 6.07) is 47.3. The SMILES string of the molecule is CCCCc1nc(Cl)c(C(=O)OC)n1Cc1ccc(-c2ccccc2-n2nnn[n+]2C(c2ccccc2)(c2ccccc2)c2ccccc2)cc1. The molecule has 10 heteroatoms. The van der Waals surface area contributed by atoms with Gasteiger partial charge in [-0.3, -0.25) is 0 Å². The van der Waals surface area contributed by atoms with Gasteiger partial charge in [0.15, 0.2) is 10.8 Å². The fraction of sp³-hybridized carbons (Fsp3) is 0.171. The second-order valence-corrected chi connectivity index (χ2v) is 12.6. The van der Waals surface area contributed by atoms with E-state index in [0.29, 0.717) is 13.0 Å². The van der Waals surface area contributed by atoms with Gasteiger partial charge in [0.05, 0.1) is 7.11 Å². The number of methoxy groups -OCH3 is 1. The Balaban J connectivity index is 1.33. The van der Waals surface area contributed by atoms with Crippen LogP contribution in [0.2, 0.25) is 5.15 Å². The molecule has 0 atom stereocenters. The monoisotopic (exact) mass is 694 g/mol. The van der Waals surface area contributed by atoms with Crippen LogP contribution in [0.4, 0.5) is 0 Å². The van der Waals surface area contributed by atoms with E-state index < -0.39 is 11.5 Å². The second kappa shape index (κ2) is 14.9. The lowest BCUT2D eigenvalue weighted by atomic mass is 9.77. The first-order chi connectivity index (χ1) is 25.1. The minimum atomic E-state index is -0.914. The van der Waals surface area contributed by atoms with Crippen molar-refractivity contribution >= 4 is 17.6 Å². The maximum atomic E-state index is 12.7. The molecule has 2 aromatic heterocycles. The fourth-order valence-corrected chi connectivity index (χ4v) is 7.01. The molecule has 0 N–H and O–H groups in total. The van der Waals surface area contributed by atoms with E-state index in [1.54, 1.807) is 4.80 Å². The summed E-state index contributed by atoms with van der Waals surface area (Å²) in [5, 5.41) is 13.7. The van der Waals surface area contributed by atoms with Crippen LogP contribution in [0.25, 0.3) is 16.8 Å². The van der Waals surface area contributed by atoms with E-state index >= 15 is 0 Å². The maximum absolute atomic E-state index is 12.7. The minimum absolute atomic E-state index is 0.158. The van der Waals surface area contributed by atoms with Gasteiger partial charge in [0, 0.05) is 35.2 Å². The number of carbonyl (C=O) groups excluding carboxylic acids is 1. The van der Waals surface area contributed by atoms with Crippen LogP contribution in [0.1, 0.15) is 58.3 Å². The molecular weight excluding hydrogens is 658 g/mol. The Hall–Kier alpha value is -5.93. The Kier molecular flexibility index (Phi) is 9.81. The van der Waals surface area contributed by atoms with Crippen molar-refractivity contribution in [2.75, 3.05) is 7.11 Å². The molecule has 0 aliphatic carbocycles. The normalized spacial score (nSPS) is 11.4. The van der Waals surface area contributed by atoms with Gasteiger partial charge in [0.1, 0.15) is 16.7 Å². The molecule has 0 radical (unpaired) electrons. The Labute approximate surface area is 301 Å². The molecule has 2 heterocycles. The zero-order chi connectivity index (χ0) is 35.2. The van der Waals surface area contributed by atoms with Gasteiger partial charge in [-0.15, -0.1) is 0 Å². The summed E-state index contributed by atoms with van der Waals surface area (Å²) in [6.07, 6.45) is 2.64. The van der Waals surface area contributed by atoms with Crippen molar-refractivity contribution < 1.29 is 14.3 Å². The largest absolute Gasteiger partial charge is 0.464 e. The zero-order valence-electron chi connectivity index (χ0n) is 28.4. The average Bonchev–Trinajstić information content (AvgIpc) is 3.80. The molecule has 0 bridgehead atoms. The Morgan fingerprint density at radius 2 is 1.35 bits per heavy atom. The number of hydrogen-bond donors (Lipinski definition) is 0. The number of aryl methyl sites for hydroxylation is 1. The molecule has 0 spiro atoms. The second-order valence-electron chi connectivity index (χ2n) is 12.2. The highest BCUT2D eigenvalue weighted by molar-refractivity contribution is 6.32. The number of para-hydroxylation sites is 1. The number of rotatable bonds is 12. The molecule has 254 valence electrons. The lowest BCUT2D eigenvalue weighted by molar-refractivity contribution is -0.853. The van der Waals surface area contributed by atoms with E-state index in [2.05, 4.69) is 89.1 Å². The predicted molar refractivity (Wildman–Crippen MR) is 196 cm³/mol. The van der Waals surface area contributed by atoms with Gasteiger partial charge in [-0.1, -0.05) is 158 Å². The van der Waals surface area contributed by atoms with Crippen LogP contribution in [0.5, 0.6) is 0 Å². The molecule has 9 nitrogen and oxygen atoms in total. The van der Waals surface area contributed by atoms with Gasteiger partial charge in [-0.2, -0.15) is 0 Å². The summed E-state index contributed by atoms with van der Waals surface area (Å²) in [5.74, 6) is 0.256. The molecule has 7 aromatic rings. The third kappa shape index (κ3) is 6.32. The van der Waals surface area contributed by atoms with Gasteiger partial charge in [-0.25, -0.2) is 9.78 Å². The molecule has 0 fully saturated rings. The molecule has 5 aromatic carbocycles. The molecule has 0 unspecified atom stereocenters. The first-order valence-corrected chi connectivity index (χ1v) is 17.3. The molecule has 0 saturated carbocycles. The first kappa shape index (κ1) is 33.6. The van der Waals surface area contributed by atoms with Crippen LogP contribution in [0, 0.1) is 0 Å². The van der Waals surface area contributed by atoms with Crippen molar-refractivity contribution in [2.24, 2.45) is 0 Å². The third-order valence-electron chi connectivity index (χ3n) is 9.17. The minimum Gasteiger partial charge on any atom is -0.464 e. The van der Waals surface area contributed by atoms with Crippen LogP contribution in [-0.4, -0.2) is 43.1 Å². The van der Waals surface area contributed by atoms with Crippen LogP contribution in [0.15, 0.2) is 140 Å². The molecular formula is C41H37ClN7O2+. The van der Waals surface area contributed by atoms with Crippen LogP contribution in [-0.2, 0) is 23.2 Å². The smallest absolute Gasteiger partial charge is 0.357 e. The summed E-state index contributed by atoms with van der Waals surface area (Å²) in [5.41, 5.74) is 6.09. The zero-order valence-corrected chi connectivity index (χ0v) is 29.2. The van der Waals surface area contributed by atoms with Gasteiger partial charge in [0.2, 0.25) is 16.0 Å². The third-order valence-corrected chi connectivity index (χ3v) is 9.43. The van der Waals surface area contributed by atoms with Crippen molar-refractivity contribution in [3.8, 4) is 16.8 Å². The van der Waals surface area contributed by atoms with E-state index in [-0.39, 0.29) is 10.8 Å². The molecule has 0 aliphatic heterocycles. The number of nitrogens with zero attached hydrogens (tertiary/aromatic N) is 7. The molecule has 7 rings (SSSR count). The first-order valence-electron chi connectivity index (χ1n) is 17.0. The lowest BCUT2D eigenvalue weighted by Gasteiger charge is -2.31. The van der Waals surface area contributed by atoms with Crippen molar-refractivity contribution in [1.82, 2.24) is 30.0 Å². The number of ether oxygens (including phenoxy) is 1. The number of aromatic nitrogens is 7. The van der Waals surface area contributed by atoms with E-state index in [0.717, 1.165) is 57.7 Å². The van der Waals surface area contributed by atoms with E-state index in [1.165, 1.54) is 7.11 Å². The number of unbranched alkanes of at least 4 members (excludes halogenated alkanes) is 1. The molecule has 0 amide bonds. The van der Waals surface area contributed by atoms with Crippen LogP contribution < -0.4 is 4.80 Å². The summed E-state index contributed by atoms with van der Waals surface area (Å²) in [6.45, 7) is 2.54. The number of carbonyl (C=O) groups is 1. The predicted octanol–water partition coefficient (Wildman–Crippen LogP) is 7.48. The standard InChI is InChI=1S/C41H37ClN7O2/c1-3-4-24-37-43-39(42)38(40(50)51-2)47(37)29-30-25-27-31(28-26-30)35-22-14-15-23-36(35)48-45-44-46-49(48)41(32-16-8-5-9-17-32,33-18-10-6-11-19-33)34-20-12-7-13-21-34/h5-23,25-28H,3-4,24,29H2,1-2H3/q+1. The van der Waals surface area contributed by atoms with E-state index in [9.17, 15) is 4.79 Å². The molecule has 51 heavy (non-hydrogen) atoms. The quantitative estimate of drug-likeness (QED) is 0.0748. The molecule has 0 saturated heterocycles. The lowest BCUT2D eigenvalue weighted by Crippen LogP contribution is -2.65. The maximum Gasteiger partial charge on any atom is 0.357 e. The van der Waals surface area contributed by atoms with Crippen LogP contribution in [0.3, 0.4) is 0 Å². The average molecular weight is 695 g/mol. The number of benzene rings is 5. The highest BCUT2D eigenvalue weighted by atomic mass is 35.5. The van der Waals surface area contributed by atoms with Crippen molar-refractivity contribution in [2.45, 2.75) is 38.3 Å². The number of imidazole rings is 1. The summed E-state index contributed by atoms with van der Waals surface area (Å²) < 4.78 is 6.92. The van der Waals surface area contributed by atoms with Crippen molar-refractivity contribution in [1.29, 1.82) is 0 Å². The number of halogens is 1. The van der Waals surface area contributed by atoms with Crippen molar-refractivity contribution in [3.05, 3.63) is 178 Å². The van der Waals surface area contributed by atoms with E-state index in [4.69, 9.17) is 21.6 Å². The Bertz CT molecular complexity index is 2140.